The molecule has 0 saturated carbocycles. The van der Waals surface area contributed by atoms with Crippen molar-refractivity contribution in [3.05, 3.63) is 12.0 Å². The lowest BCUT2D eigenvalue weighted by Crippen LogP contribution is -2.18. The van der Waals surface area contributed by atoms with Gasteiger partial charge in [-0.05, 0) is 19.3 Å². The summed E-state index contributed by atoms with van der Waals surface area (Å²) in [5.74, 6) is 0. The molecule has 5 heteroatoms. The predicted octanol–water partition coefficient (Wildman–Crippen LogP) is 0.766. The monoisotopic (exact) mass is 214 g/mol. The fourth-order valence-electron chi connectivity index (χ4n) is 1.28. The van der Waals surface area contributed by atoms with Gasteiger partial charge in [-0.2, -0.15) is 4.98 Å². The second-order valence-corrected chi connectivity index (χ2v) is 3.49. The number of nitrogens with zero attached hydrogens (tertiary/aromatic N) is 2. The summed E-state index contributed by atoms with van der Waals surface area (Å²) in [4.78, 5) is 5.99. The average molecular weight is 214 g/mol. The summed E-state index contributed by atoms with van der Waals surface area (Å²) in [7, 11) is 1.89. The second kappa shape index (κ2) is 6.42. The minimum absolute atomic E-state index is 0.0954. The van der Waals surface area contributed by atoms with Crippen LogP contribution in [0.15, 0.2) is 10.7 Å². The highest BCUT2D eigenvalue weighted by Gasteiger charge is 2.07. The van der Waals surface area contributed by atoms with Crippen molar-refractivity contribution in [1.29, 1.82) is 0 Å². The third-order valence-electron chi connectivity index (χ3n) is 2.18. The lowest BCUT2D eigenvalue weighted by atomic mass is 10.2. The molecule has 1 aromatic heterocycles. The zero-order chi connectivity index (χ0) is 11.1. The number of oxazole rings is 1. The molecule has 0 radical (unpaired) electrons. The topological polar surface area (TPSA) is 69.7 Å². The van der Waals surface area contributed by atoms with Crippen LogP contribution in [0, 0.1) is 0 Å². The summed E-state index contributed by atoms with van der Waals surface area (Å²) in [5, 5.41) is 17.4. The van der Waals surface area contributed by atoms with Crippen LogP contribution < -0.4 is 4.90 Å². The van der Waals surface area contributed by atoms with E-state index in [9.17, 15) is 0 Å². The number of hydrogen-bond acceptors (Lipinski definition) is 5. The fourth-order valence-corrected chi connectivity index (χ4v) is 1.28. The standard InChI is InChI=1S/C10H18N2O3/c1-12(5-3-2-4-6-13)10-11-9(7-14)8-15-10/h8,13-14H,2-7H2,1H3. The van der Waals surface area contributed by atoms with E-state index < -0.39 is 0 Å². The number of anilines is 1. The van der Waals surface area contributed by atoms with E-state index in [1.165, 1.54) is 6.26 Å². The van der Waals surface area contributed by atoms with Gasteiger partial charge in [-0.25, -0.2) is 0 Å². The van der Waals surface area contributed by atoms with Crippen molar-refractivity contribution >= 4 is 6.01 Å². The molecule has 0 aliphatic heterocycles. The fraction of sp³-hybridized carbons (Fsp3) is 0.700. The molecule has 1 rings (SSSR count). The molecular formula is C10H18N2O3. The minimum atomic E-state index is -0.0954. The highest BCUT2D eigenvalue weighted by Crippen LogP contribution is 2.12. The molecule has 15 heavy (non-hydrogen) atoms. The summed E-state index contributed by atoms with van der Waals surface area (Å²) < 4.78 is 5.18. The Labute approximate surface area is 89.3 Å². The molecule has 0 fully saturated rings. The first-order chi connectivity index (χ1) is 7.27. The van der Waals surface area contributed by atoms with Gasteiger partial charge in [0.2, 0.25) is 0 Å². The Morgan fingerprint density at radius 2 is 2.13 bits per heavy atom. The van der Waals surface area contributed by atoms with Crippen LogP contribution in [0.4, 0.5) is 6.01 Å². The first-order valence-corrected chi connectivity index (χ1v) is 5.15. The Balaban J connectivity index is 2.29. The third-order valence-corrected chi connectivity index (χ3v) is 2.18. The zero-order valence-electron chi connectivity index (χ0n) is 9.02. The van der Waals surface area contributed by atoms with Gasteiger partial charge in [0.25, 0.3) is 6.01 Å². The van der Waals surface area contributed by atoms with Crippen LogP contribution in [0.1, 0.15) is 25.0 Å². The van der Waals surface area contributed by atoms with Crippen molar-refractivity contribution in [2.24, 2.45) is 0 Å². The van der Waals surface area contributed by atoms with Crippen molar-refractivity contribution in [3.63, 3.8) is 0 Å². The molecule has 1 heterocycles. The first kappa shape index (κ1) is 12.0. The number of hydrogen-bond donors (Lipinski definition) is 2. The summed E-state index contributed by atoms with van der Waals surface area (Å²) in [6.45, 7) is 0.991. The molecule has 0 bridgehead atoms. The predicted molar refractivity (Wildman–Crippen MR) is 56.6 cm³/mol. The van der Waals surface area contributed by atoms with Crippen LogP contribution in [0.25, 0.3) is 0 Å². The molecule has 0 amide bonds. The third kappa shape index (κ3) is 3.89. The maximum Gasteiger partial charge on any atom is 0.297 e. The highest BCUT2D eigenvalue weighted by atomic mass is 16.4. The molecule has 5 nitrogen and oxygen atoms in total. The van der Waals surface area contributed by atoms with Crippen molar-refractivity contribution in [3.8, 4) is 0 Å². The summed E-state index contributed by atoms with van der Waals surface area (Å²) in [6, 6.07) is 0.531. The molecule has 0 atom stereocenters. The van der Waals surface area contributed by atoms with Crippen LogP contribution in [-0.2, 0) is 6.61 Å². The van der Waals surface area contributed by atoms with Gasteiger partial charge in [0.1, 0.15) is 12.0 Å². The van der Waals surface area contributed by atoms with E-state index in [4.69, 9.17) is 14.6 Å². The van der Waals surface area contributed by atoms with Crippen molar-refractivity contribution < 1.29 is 14.6 Å². The minimum Gasteiger partial charge on any atom is -0.432 e. The van der Waals surface area contributed by atoms with Gasteiger partial charge in [-0.1, -0.05) is 0 Å². The Morgan fingerprint density at radius 1 is 1.33 bits per heavy atom. The molecule has 1 aromatic rings. The Morgan fingerprint density at radius 3 is 2.73 bits per heavy atom. The van der Waals surface area contributed by atoms with Gasteiger partial charge >= 0.3 is 0 Å². The molecule has 0 aliphatic carbocycles. The largest absolute Gasteiger partial charge is 0.432 e. The molecule has 0 unspecified atom stereocenters. The maximum absolute atomic E-state index is 8.81. The molecule has 0 aliphatic rings. The van der Waals surface area contributed by atoms with Gasteiger partial charge in [-0.3, -0.25) is 0 Å². The second-order valence-electron chi connectivity index (χ2n) is 3.49. The summed E-state index contributed by atoms with van der Waals surface area (Å²) in [5.41, 5.74) is 0.548. The molecule has 0 spiro atoms. The molecule has 2 N–H and O–H groups in total. The number of unbranched alkanes of at least 4 members (excludes halogenated alkanes) is 2. The number of rotatable bonds is 7. The van der Waals surface area contributed by atoms with Crippen molar-refractivity contribution in [1.82, 2.24) is 4.98 Å². The molecule has 0 saturated heterocycles. The number of aliphatic hydroxyl groups is 2. The SMILES string of the molecule is CN(CCCCCO)c1nc(CO)co1. The Hall–Kier alpha value is -1.07. The van der Waals surface area contributed by atoms with Crippen LogP contribution in [0.2, 0.25) is 0 Å². The molecule has 0 aromatic carbocycles. The summed E-state index contributed by atoms with van der Waals surface area (Å²) in [6.07, 6.45) is 4.28. The van der Waals surface area contributed by atoms with Crippen LogP contribution >= 0.6 is 0 Å². The smallest absolute Gasteiger partial charge is 0.297 e. The van der Waals surface area contributed by atoms with Crippen molar-refractivity contribution in [2.45, 2.75) is 25.9 Å². The first-order valence-electron chi connectivity index (χ1n) is 5.15. The van der Waals surface area contributed by atoms with Gasteiger partial charge in [0.05, 0.1) is 6.61 Å². The van der Waals surface area contributed by atoms with E-state index in [0.717, 1.165) is 25.8 Å². The lowest BCUT2D eigenvalue weighted by molar-refractivity contribution is 0.276. The van der Waals surface area contributed by atoms with Crippen LogP contribution in [0.5, 0.6) is 0 Å². The number of aliphatic hydroxyl groups excluding tert-OH is 2. The van der Waals surface area contributed by atoms with E-state index in [0.29, 0.717) is 11.7 Å². The van der Waals surface area contributed by atoms with Crippen LogP contribution in [0.3, 0.4) is 0 Å². The van der Waals surface area contributed by atoms with E-state index in [1.807, 2.05) is 11.9 Å². The van der Waals surface area contributed by atoms with E-state index >= 15 is 0 Å². The van der Waals surface area contributed by atoms with Gasteiger partial charge in [0.15, 0.2) is 0 Å². The van der Waals surface area contributed by atoms with E-state index in [2.05, 4.69) is 4.98 Å². The van der Waals surface area contributed by atoms with Gasteiger partial charge in [0, 0.05) is 20.2 Å². The van der Waals surface area contributed by atoms with Gasteiger partial charge in [-0.15, -0.1) is 0 Å². The highest BCUT2D eigenvalue weighted by molar-refractivity contribution is 5.24. The molecular weight excluding hydrogens is 196 g/mol. The lowest BCUT2D eigenvalue weighted by Gasteiger charge is -2.13. The Bertz CT molecular complexity index is 275. The van der Waals surface area contributed by atoms with E-state index in [-0.39, 0.29) is 13.2 Å². The van der Waals surface area contributed by atoms with Crippen LogP contribution in [-0.4, -0.2) is 35.4 Å². The molecule has 86 valence electrons. The quantitative estimate of drug-likeness (QED) is 0.656. The average Bonchev–Trinajstić information content (AvgIpc) is 2.72. The van der Waals surface area contributed by atoms with Gasteiger partial charge < -0.3 is 19.5 Å². The normalized spacial score (nSPS) is 10.6. The number of aromatic nitrogens is 1. The summed E-state index contributed by atoms with van der Waals surface area (Å²) >= 11 is 0. The maximum atomic E-state index is 8.81. The van der Waals surface area contributed by atoms with Crippen molar-refractivity contribution in [2.75, 3.05) is 25.1 Å². The van der Waals surface area contributed by atoms with E-state index in [1.54, 1.807) is 0 Å². The Kier molecular flexibility index (Phi) is 5.14. The zero-order valence-corrected chi connectivity index (χ0v) is 9.02.